The third-order valence-corrected chi connectivity index (χ3v) is 6.18. The lowest BCUT2D eigenvalue weighted by Gasteiger charge is -2.33. The van der Waals surface area contributed by atoms with Crippen LogP contribution in [-0.2, 0) is 0 Å². The number of aliphatic imine (C=N–C) groups is 1. The predicted octanol–water partition coefficient (Wildman–Crippen LogP) is 4.69. The van der Waals surface area contributed by atoms with Gasteiger partial charge in [0.05, 0.1) is 17.4 Å². The average Bonchev–Trinajstić information content (AvgIpc) is 2.66. The molecular weight excluding hydrogens is 444 g/mol. The highest BCUT2D eigenvalue weighted by Gasteiger charge is 2.26. The van der Waals surface area contributed by atoms with E-state index in [1.165, 1.54) is 0 Å². The Labute approximate surface area is 183 Å². The molecule has 2 aromatic heterocycles. The number of pyridine rings is 2. The van der Waals surface area contributed by atoms with Crippen LogP contribution in [0.3, 0.4) is 0 Å². The van der Waals surface area contributed by atoms with Gasteiger partial charge in [-0.3, -0.25) is 19.8 Å². The standard InChI is InChI=1S/C23H25BrN4O2/c1-12-6-17(10-26-21(12)15-7-13(2)27-14(3)8-15)25-11-20-19-9-16(24)4-5-18(19)22(29)28-23(20)30/h4-6,9-11,13-15,27H,7-8H2,1-3H3,(H2,28,29,30)/t13-,14+,15?. The monoisotopic (exact) mass is 468 g/mol. The largest absolute Gasteiger partial charge is 0.494 e. The van der Waals surface area contributed by atoms with Crippen LogP contribution in [0, 0.1) is 6.92 Å². The van der Waals surface area contributed by atoms with Gasteiger partial charge in [0.2, 0.25) is 5.88 Å². The Bertz CT molecular complexity index is 1180. The second-order valence-corrected chi connectivity index (χ2v) is 9.11. The van der Waals surface area contributed by atoms with Gasteiger partial charge in [0.25, 0.3) is 5.56 Å². The van der Waals surface area contributed by atoms with Crippen molar-refractivity contribution in [2.75, 3.05) is 0 Å². The Morgan fingerprint density at radius 2 is 1.93 bits per heavy atom. The number of piperidine rings is 1. The van der Waals surface area contributed by atoms with E-state index in [-0.39, 0.29) is 11.4 Å². The zero-order valence-corrected chi connectivity index (χ0v) is 18.8. The Kier molecular flexibility index (Phi) is 5.75. The van der Waals surface area contributed by atoms with Gasteiger partial charge in [-0.25, -0.2) is 0 Å². The van der Waals surface area contributed by atoms with E-state index in [0.29, 0.717) is 40.0 Å². The highest BCUT2D eigenvalue weighted by molar-refractivity contribution is 9.10. The van der Waals surface area contributed by atoms with Crippen LogP contribution in [-0.4, -0.2) is 33.4 Å². The molecule has 1 aliphatic rings. The molecule has 1 saturated heterocycles. The number of aryl methyl sites for hydroxylation is 1. The van der Waals surface area contributed by atoms with Crippen molar-refractivity contribution in [3.63, 3.8) is 0 Å². The maximum atomic E-state index is 12.1. The number of H-pyrrole nitrogens is 1. The van der Waals surface area contributed by atoms with Crippen LogP contribution in [0.5, 0.6) is 5.88 Å². The van der Waals surface area contributed by atoms with Crippen molar-refractivity contribution in [3.8, 4) is 5.88 Å². The number of halogens is 1. The second-order valence-electron chi connectivity index (χ2n) is 8.20. The number of fused-ring (bicyclic) bond motifs is 1. The first-order valence-corrected chi connectivity index (χ1v) is 10.9. The van der Waals surface area contributed by atoms with Crippen LogP contribution < -0.4 is 10.9 Å². The number of rotatable bonds is 3. The average molecular weight is 469 g/mol. The number of aromatic hydroxyl groups is 1. The second kappa shape index (κ2) is 8.32. The molecule has 0 spiro atoms. The van der Waals surface area contributed by atoms with Gasteiger partial charge in [-0.2, -0.15) is 0 Å². The van der Waals surface area contributed by atoms with Crippen LogP contribution in [0.25, 0.3) is 10.8 Å². The summed E-state index contributed by atoms with van der Waals surface area (Å²) in [6.45, 7) is 6.51. The van der Waals surface area contributed by atoms with Gasteiger partial charge in [-0.05, 0) is 63.4 Å². The van der Waals surface area contributed by atoms with E-state index >= 15 is 0 Å². The highest BCUT2D eigenvalue weighted by Crippen LogP contribution is 2.32. The van der Waals surface area contributed by atoms with E-state index in [2.05, 4.69) is 52.0 Å². The normalized spacial score (nSPS) is 22.1. The number of hydrogen-bond donors (Lipinski definition) is 3. The van der Waals surface area contributed by atoms with Crippen LogP contribution in [0.15, 0.2) is 44.7 Å². The Morgan fingerprint density at radius 1 is 1.20 bits per heavy atom. The first-order valence-electron chi connectivity index (χ1n) is 10.1. The fraction of sp³-hybridized carbons (Fsp3) is 0.348. The number of nitrogens with zero attached hydrogens (tertiary/aromatic N) is 2. The molecule has 7 heteroatoms. The maximum Gasteiger partial charge on any atom is 0.258 e. The van der Waals surface area contributed by atoms with Crippen molar-refractivity contribution in [1.29, 1.82) is 0 Å². The molecule has 0 aliphatic carbocycles. The highest BCUT2D eigenvalue weighted by atomic mass is 79.9. The fourth-order valence-corrected chi connectivity index (χ4v) is 4.80. The number of aromatic nitrogens is 2. The summed E-state index contributed by atoms with van der Waals surface area (Å²) in [6.07, 6.45) is 5.50. The molecule has 1 aromatic carbocycles. The molecule has 1 unspecified atom stereocenters. The Hall–Kier alpha value is -2.51. The fourth-order valence-electron chi connectivity index (χ4n) is 4.44. The lowest BCUT2D eigenvalue weighted by molar-refractivity contribution is 0.313. The van der Waals surface area contributed by atoms with E-state index < -0.39 is 0 Å². The van der Waals surface area contributed by atoms with Crippen LogP contribution in [0.4, 0.5) is 5.69 Å². The predicted molar refractivity (Wildman–Crippen MR) is 124 cm³/mol. The molecule has 0 amide bonds. The molecule has 4 rings (SSSR count). The van der Waals surface area contributed by atoms with E-state index in [1.54, 1.807) is 30.6 Å². The summed E-state index contributed by atoms with van der Waals surface area (Å²) < 4.78 is 0.821. The minimum absolute atomic E-state index is 0.201. The van der Waals surface area contributed by atoms with Crippen LogP contribution in [0.1, 0.15) is 49.4 Å². The molecule has 0 saturated carbocycles. The summed E-state index contributed by atoms with van der Waals surface area (Å²) in [5.41, 5.74) is 3.10. The zero-order valence-electron chi connectivity index (χ0n) is 17.2. The van der Waals surface area contributed by atoms with Crippen molar-refractivity contribution in [2.45, 2.75) is 51.6 Å². The molecule has 156 valence electrons. The van der Waals surface area contributed by atoms with Crippen molar-refractivity contribution >= 4 is 38.6 Å². The van der Waals surface area contributed by atoms with Crippen LogP contribution >= 0.6 is 15.9 Å². The van der Waals surface area contributed by atoms with E-state index in [4.69, 9.17) is 4.98 Å². The summed E-state index contributed by atoms with van der Waals surface area (Å²) in [5.74, 6) is 0.243. The zero-order chi connectivity index (χ0) is 21.4. The lowest BCUT2D eigenvalue weighted by Crippen LogP contribution is -2.41. The summed E-state index contributed by atoms with van der Waals surface area (Å²) in [7, 11) is 0. The number of aromatic amines is 1. The Morgan fingerprint density at radius 3 is 2.63 bits per heavy atom. The van der Waals surface area contributed by atoms with Crippen molar-refractivity contribution in [2.24, 2.45) is 4.99 Å². The van der Waals surface area contributed by atoms with Gasteiger partial charge >= 0.3 is 0 Å². The molecule has 1 fully saturated rings. The van der Waals surface area contributed by atoms with E-state index in [1.807, 2.05) is 6.07 Å². The number of nitrogens with one attached hydrogen (secondary N) is 2. The molecule has 3 N–H and O–H groups in total. The van der Waals surface area contributed by atoms with Crippen LogP contribution in [0.2, 0.25) is 0 Å². The minimum atomic E-state index is -0.334. The topological polar surface area (TPSA) is 90.4 Å². The summed E-state index contributed by atoms with van der Waals surface area (Å²) in [5, 5.41) is 15.0. The first-order chi connectivity index (χ1) is 14.3. The lowest BCUT2D eigenvalue weighted by atomic mass is 9.85. The molecule has 0 radical (unpaired) electrons. The maximum absolute atomic E-state index is 12.1. The molecule has 3 aromatic rings. The SMILES string of the molecule is Cc1cc(N=Cc2c(O)[nH]c(=O)c3ccc(Br)cc23)cnc1C1C[C@@H](C)N[C@@H](C)C1. The first kappa shape index (κ1) is 20.8. The van der Waals surface area contributed by atoms with Gasteiger partial charge in [0.1, 0.15) is 0 Å². The molecule has 3 heterocycles. The smallest absolute Gasteiger partial charge is 0.258 e. The summed E-state index contributed by atoms with van der Waals surface area (Å²) in [4.78, 5) is 23.9. The number of hydrogen-bond acceptors (Lipinski definition) is 5. The van der Waals surface area contributed by atoms with Gasteiger partial charge in [0.15, 0.2) is 0 Å². The van der Waals surface area contributed by atoms with E-state index in [0.717, 1.165) is 28.6 Å². The van der Waals surface area contributed by atoms with Gasteiger partial charge in [-0.1, -0.05) is 15.9 Å². The third-order valence-electron chi connectivity index (χ3n) is 5.68. The Balaban J connectivity index is 1.66. The summed E-state index contributed by atoms with van der Waals surface area (Å²) >= 11 is 3.42. The molecule has 3 atom stereocenters. The van der Waals surface area contributed by atoms with E-state index in [9.17, 15) is 9.90 Å². The van der Waals surface area contributed by atoms with Crippen molar-refractivity contribution in [3.05, 3.63) is 62.1 Å². The molecule has 1 aliphatic heterocycles. The number of benzene rings is 1. The van der Waals surface area contributed by atoms with Gasteiger partial charge in [0, 0.05) is 45.2 Å². The van der Waals surface area contributed by atoms with Gasteiger partial charge < -0.3 is 10.4 Å². The molecule has 0 bridgehead atoms. The minimum Gasteiger partial charge on any atom is -0.494 e. The third kappa shape index (κ3) is 4.18. The summed E-state index contributed by atoms with van der Waals surface area (Å²) in [6, 6.07) is 8.30. The van der Waals surface area contributed by atoms with Crippen molar-refractivity contribution in [1.82, 2.24) is 15.3 Å². The quantitative estimate of drug-likeness (QED) is 0.486. The van der Waals surface area contributed by atoms with Gasteiger partial charge in [-0.15, -0.1) is 0 Å². The molecule has 6 nitrogen and oxygen atoms in total. The molecular formula is C23H25BrN4O2. The van der Waals surface area contributed by atoms with Crippen molar-refractivity contribution < 1.29 is 5.11 Å². The molecule has 30 heavy (non-hydrogen) atoms.